The van der Waals surface area contributed by atoms with Gasteiger partial charge in [0.15, 0.2) is 0 Å². The Kier molecular flexibility index (Phi) is 7.40. The van der Waals surface area contributed by atoms with Crippen LogP contribution in [-0.2, 0) is 19.0 Å². The molecule has 2 aliphatic carbocycles. The zero-order valence-corrected chi connectivity index (χ0v) is 13.9. The number of ether oxygens (including phenoxy) is 3. The van der Waals surface area contributed by atoms with E-state index in [4.69, 9.17) is 14.2 Å². The van der Waals surface area contributed by atoms with Crippen molar-refractivity contribution in [3.8, 4) is 0 Å². The number of carbonyl (C=O) groups excluding carboxylic acids is 1. The van der Waals surface area contributed by atoms with Crippen molar-refractivity contribution in [2.45, 2.75) is 76.9 Å². The van der Waals surface area contributed by atoms with Crippen LogP contribution in [0.1, 0.15) is 64.7 Å². The lowest BCUT2D eigenvalue weighted by molar-refractivity contribution is -0.150. The molecule has 0 aromatic rings. The molecule has 0 aliphatic heterocycles. The summed E-state index contributed by atoms with van der Waals surface area (Å²) in [7, 11) is 0. The van der Waals surface area contributed by atoms with Gasteiger partial charge in [-0.1, -0.05) is 25.8 Å². The minimum absolute atomic E-state index is 0.0206. The monoisotopic (exact) mass is 310 g/mol. The van der Waals surface area contributed by atoms with E-state index in [-0.39, 0.29) is 18.2 Å². The molecule has 0 atom stereocenters. The van der Waals surface area contributed by atoms with Crippen LogP contribution in [0, 0.1) is 5.92 Å². The maximum atomic E-state index is 11.5. The molecule has 2 saturated carbocycles. The molecule has 0 unspecified atom stereocenters. The Morgan fingerprint density at radius 2 is 1.64 bits per heavy atom. The second-order valence-corrected chi connectivity index (χ2v) is 6.74. The van der Waals surface area contributed by atoms with E-state index in [1.54, 1.807) is 6.92 Å². The number of esters is 1. The molecule has 0 radical (unpaired) electrons. The van der Waals surface area contributed by atoms with Gasteiger partial charge in [0.05, 0.1) is 12.7 Å². The molecule has 4 nitrogen and oxygen atoms in total. The zero-order chi connectivity index (χ0) is 15.8. The Bertz CT molecular complexity index is 352. The van der Waals surface area contributed by atoms with Gasteiger partial charge in [-0.25, -0.2) is 4.79 Å². The van der Waals surface area contributed by atoms with Gasteiger partial charge in [-0.2, -0.15) is 0 Å². The predicted octanol–water partition coefficient (Wildman–Crippen LogP) is 3.99. The van der Waals surface area contributed by atoms with E-state index in [0.717, 1.165) is 38.2 Å². The SMILES string of the molecule is C=C(C)C(=O)OC1CCC(OCOCC2CCCCC2)CC1. The highest BCUT2D eigenvalue weighted by atomic mass is 16.7. The molecule has 2 rings (SSSR count). The maximum Gasteiger partial charge on any atom is 0.333 e. The Labute approximate surface area is 134 Å². The minimum atomic E-state index is -0.278. The Balaban J connectivity index is 1.52. The third-order valence-electron chi connectivity index (χ3n) is 4.71. The largest absolute Gasteiger partial charge is 0.459 e. The van der Waals surface area contributed by atoms with Crippen LogP contribution in [-0.4, -0.2) is 31.6 Å². The molecule has 0 aromatic heterocycles. The summed E-state index contributed by atoms with van der Waals surface area (Å²) in [4.78, 5) is 11.5. The summed E-state index contributed by atoms with van der Waals surface area (Å²) in [5.41, 5.74) is 0.467. The summed E-state index contributed by atoms with van der Waals surface area (Å²) < 4.78 is 16.9. The number of hydrogen-bond acceptors (Lipinski definition) is 4. The molecular formula is C18H30O4. The first-order valence-corrected chi connectivity index (χ1v) is 8.71. The van der Waals surface area contributed by atoms with Gasteiger partial charge in [-0.15, -0.1) is 0 Å². The van der Waals surface area contributed by atoms with Gasteiger partial charge in [-0.3, -0.25) is 0 Å². The van der Waals surface area contributed by atoms with Crippen molar-refractivity contribution in [1.29, 1.82) is 0 Å². The fourth-order valence-electron chi connectivity index (χ4n) is 3.28. The highest BCUT2D eigenvalue weighted by molar-refractivity contribution is 5.87. The van der Waals surface area contributed by atoms with Gasteiger partial charge in [0.25, 0.3) is 0 Å². The molecule has 2 aliphatic rings. The van der Waals surface area contributed by atoms with E-state index in [1.807, 2.05) is 0 Å². The second-order valence-electron chi connectivity index (χ2n) is 6.74. The first kappa shape index (κ1) is 17.5. The lowest BCUT2D eigenvalue weighted by Crippen LogP contribution is -2.29. The first-order chi connectivity index (χ1) is 10.6. The molecule has 0 spiro atoms. The Morgan fingerprint density at radius 1 is 1.00 bits per heavy atom. The van der Waals surface area contributed by atoms with Crippen LogP contribution in [0.15, 0.2) is 12.2 Å². The maximum absolute atomic E-state index is 11.5. The normalized spacial score (nSPS) is 26.6. The number of carbonyl (C=O) groups is 1. The first-order valence-electron chi connectivity index (χ1n) is 8.71. The van der Waals surface area contributed by atoms with Crippen LogP contribution in [0.5, 0.6) is 0 Å². The molecule has 4 heteroatoms. The van der Waals surface area contributed by atoms with E-state index >= 15 is 0 Å². The van der Waals surface area contributed by atoms with E-state index in [2.05, 4.69) is 6.58 Å². The van der Waals surface area contributed by atoms with Crippen molar-refractivity contribution in [3.63, 3.8) is 0 Å². The zero-order valence-electron chi connectivity index (χ0n) is 13.9. The average molecular weight is 310 g/mol. The summed E-state index contributed by atoms with van der Waals surface area (Å²) in [5, 5.41) is 0. The van der Waals surface area contributed by atoms with Gasteiger partial charge in [0.2, 0.25) is 0 Å². The second kappa shape index (κ2) is 9.31. The predicted molar refractivity (Wildman–Crippen MR) is 85.4 cm³/mol. The van der Waals surface area contributed by atoms with Gasteiger partial charge in [0, 0.05) is 5.57 Å². The van der Waals surface area contributed by atoms with Gasteiger partial charge in [0.1, 0.15) is 12.9 Å². The van der Waals surface area contributed by atoms with E-state index in [0.29, 0.717) is 12.4 Å². The third-order valence-corrected chi connectivity index (χ3v) is 4.71. The van der Waals surface area contributed by atoms with E-state index in [9.17, 15) is 4.79 Å². The molecule has 126 valence electrons. The van der Waals surface area contributed by atoms with Crippen LogP contribution in [0.2, 0.25) is 0 Å². The fourth-order valence-corrected chi connectivity index (χ4v) is 3.28. The Hall–Kier alpha value is -0.870. The summed E-state index contributed by atoms with van der Waals surface area (Å²) in [6, 6.07) is 0. The standard InChI is InChI=1S/C18H30O4/c1-14(2)18(19)22-17-10-8-16(9-11-17)21-13-20-12-15-6-4-3-5-7-15/h15-17H,1,3-13H2,2H3. The van der Waals surface area contributed by atoms with E-state index < -0.39 is 0 Å². The summed E-state index contributed by atoms with van der Waals surface area (Å²) in [6.45, 7) is 6.53. The number of rotatable bonds is 7. The minimum Gasteiger partial charge on any atom is -0.459 e. The molecule has 0 N–H and O–H groups in total. The highest BCUT2D eigenvalue weighted by Crippen LogP contribution is 2.25. The van der Waals surface area contributed by atoms with Crippen molar-refractivity contribution in [1.82, 2.24) is 0 Å². The van der Waals surface area contributed by atoms with Crippen LogP contribution in [0.25, 0.3) is 0 Å². The van der Waals surface area contributed by atoms with Gasteiger partial charge >= 0.3 is 5.97 Å². The van der Waals surface area contributed by atoms with Crippen LogP contribution in [0.4, 0.5) is 0 Å². The molecular weight excluding hydrogens is 280 g/mol. The van der Waals surface area contributed by atoms with Crippen LogP contribution >= 0.6 is 0 Å². The Morgan fingerprint density at radius 3 is 2.27 bits per heavy atom. The molecule has 0 heterocycles. The summed E-state index contributed by atoms with van der Waals surface area (Å²) in [6.07, 6.45) is 10.5. The smallest absolute Gasteiger partial charge is 0.333 e. The molecule has 0 bridgehead atoms. The van der Waals surface area contributed by atoms with Crippen molar-refractivity contribution in [3.05, 3.63) is 12.2 Å². The number of hydrogen-bond donors (Lipinski definition) is 0. The summed E-state index contributed by atoms with van der Waals surface area (Å²) >= 11 is 0. The quantitative estimate of drug-likeness (QED) is 0.309. The van der Waals surface area contributed by atoms with Gasteiger partial charge in [-0.05, 0) is 51.4 Å². The van der Waals surface area contributed by atoms with Crippen molar-refractivity contribution in [2.75, 3.05) is 13.4 Å². The lowest BCUT2D eigenvalue weighted by Gasteiger charge is -2.28. The molecule has 0 saturated heterocycles. The summed E-state index contributed by atoms with van der Waals surface area (Å²) in [5.74, 6) is 0.454. The molecule has 0 amide bonds. The van der Waals surface area contributed by atoms with Gasteiger partial charge < -0.3 is 14.2 Å². The van der Waals surface area contributed by atoms with Crippen molar-refractivity contribution in [2.24, 2.45) is 5.92 Å². The van der Waals surface area contributed by atoms with Crippen LogP contribution in [0.3, 0.4) is 0 Å². The van der Waals surface area contributed by atoms with Crippen LogP contribution < -0.4 is 0 Å². The van der Waals surface area contributed by atoms with Crippen molar-refractivity contribution >= 4 is 5.97 Å². The van der Waals surface area contributed by atoms with Crippen molar-refractivity contribution < 1.29 is 19.0 Å². The lowest BCUT2D eigenvalue weighted by atomic mass is 9.90. The topological polar surface area (TPSA) is 44.8 Å². The molecule has 22 heavy (non-hydrogen) atoms. The average Bonchev–Trinajstić information content (AvgIpc) is 2.54. The highest BCUT2D eigenvalue weighted by Gasteiger charge is 2.24. The fraction of sp³-hybridized carbons (Fsp3) is 0.833. The molecule has 0 aromatic carbocycles. The third kappa shape index (κ3) is 6.09. The van der Waals surface area contributed by atoms with E-state index in [1.165, 1.54) is 32.1 Å². The molecule has 2 fully saturated rings.